The first-order chi connectivity index (χ1) is 9.56. The summed E-state index contributed by atoms with van der Waals surface area (Å²) in [6, 6.07) is 5.72. The molecule has 0 aliphatic carbocycles. The standard InChI is InChI=1S/C13H12N4O3/c1-8(18)6-9(7-15-16-14)17-12(19)10-4-2-3-5-11(10)13(17)20/h2-5,9H,6-7H2,1H3/t9-/m0/s1. The Bertz CT molecular complexity index is 595. The van der Waals surface area contributed by atoms with Crippen molar-refractivity contribution in [3.8, 4) is 0 Å². The molecule has 0 saturated carbocycles. The molecule has 1 aliphatic heterocycles. The monoisotopic (exact) mass is 272 g/mol. The fourth-order valence-corrected chi connectivity index (χ4v) is 2.24. The number of carbonyl (C=O) groups is 3. The van der Waals surface area contributed by atoms with Crippen LogP contribution in [-0.2, 0) is 4.79 Å². The van der Waals surface area contributed by atoms with E-state index < -0.39 is 17.9 Å². The maximum atomic E-state index is 12.3. The predicted octanol–water partition coefficient (Wildman–Crippen LogP) is 1.94. The van der Waals surface area contributed by atoms with E-state index in [1.54, 1.807) is 24.3 Å². The second-order valence-corrected chi connectivity index (χ2v) is 4.50. The van der Waals surface area contributed by atoms with Gasteiger partial charge in [-0.1, -0.05) is 17.2 Å². The van der Waals surface area contributed by atoms with Crippen molar-refractivity contribution in [1.82, 2.24) is 4.90 Å². The highest BCUT2D eigenvalue weighted by Crippen LogP contribution is 2.25. The van der Waals surface area contributed by atoms with Crippen LogP contribution in [0.25, 0.3) is 10.4 Å². The summed E-state index contributed by atoms with van der Waals surface area (Å²) in [5.41, 5.74) is 9.01. The highest BCUT2D eigenvalue weighted by Gasteiger charge is 2.39. The van der Waals surface area contributed by atoms with Gasteiger partial charge in [-0.3, -0.25) is 19.3 Å². The van der Waals surface area contributed by atoms with Crippen LogP contribution in [0.2, 0.25) is 0 Å². The SMILES string of the molecule is CC(=O)C[C@@H](CN=[N+]=[N-])N1C(=O)c2ccccc2C1=O. The van der Waals surface area contributed by atoms with Gasteiger partial charge < -0.3 is 0 Å². The summed E-state index contributed by atoms with van der Waals surface area (Å²) in [4.78, 5) is 39.4. The number of imide groups is 1. The van der Waals surface area contributed by atoms with E-state index in [4.69, 9.17) is 5.53 Å². The first-order valence-corrected chi connectivity index (χ1v) is 6.03. The molecule has 0 spiro atoms. The van der Waals surface area contributed by atoms with Gasteiger partial charge in [-0.2, -0.15) is 0 Å². The molecule has 2 amide bonds. The molecule has 0 radical (unpaired) electrons. The number of carbonyl (C=O) groups excluding carboxylic acids is 3. The number of fused-ring (bicyclic) bond motifs is 1. The van der Waals surface area contributed by atoms with E-state index in [1.807, 2.05) is 0 Å². The number of Topliss-reactive ketones (excluding diaryl/α,β-unsaturated/α-hetero) is 1. The van der Waals surface area contributed by atoms with Crippen molar-refractivity contribution >= 4 is 17.6 Å². The van der Waals surface area contributed by atoms with Crippen LogP contribution in [0, 0.1) is 0 Å². The highest BCUT2D eigenvalue weighted by atomic mass is 16.2. The third-order valence-corrected chi connectivity index (χ3v) is 3.07. The van der Waals surface area contributed by atoms with Crippen LogP contribution in [-0.4, -0.2) is 35.1 Å². The van der Waals surface area contributed by atoms with Crippen molar-refractivity contribution in [3.05, 3.63) is 45.8 Å². The van der Waals surface area contributed by atoms with Gasteiger partial charge in [0.25, 0.3) is 11.8 Å². The Morgan fingerprint density at radius 1 is 1.30 bits per heavy atom. The largest absolute Gasteiger partial charge is 0.300 e. The third kappa shape index (κ3) is 2.39. The van der Waals surface area contributed by atoms with Crippen LogP contribution in [0.15, 0.2) is 29.4 Å². The Balaban J connectivity index is 2.35. The van der Waals surface area contributed by atoms with Crippen molar-refractivity contribution in [3.63, 3.8) is 0 Å². The average molecular weight is 272 g/mol. The van der Waals surface area contributed by atoms with Gasteiger partial charge in [0.2, 0.25) is 0 Å². The number of amides is 2. The Kier molecular flexibility index (Phi) is 3.81. The highest BCUT2D eigenvalue weighted by molar-refractivity contribution is 6.21. The average Bonchev–Trinajstić information content (AvgIpc) is 2.67. The Morgan fingerprint density at radius 2 is 1.85 bits per heavy atom. The summed E-state index contributed by atoms with van der Waals surface area (Å²) in [6.07, 6.45) is -0.0233. The van der Waals surface area contributed by atoms with Crippen LogP contribution in [0.4, 0.5) is 0 Å². The second kappa shape index (κ2) is 5.54. The number of rotatable bonds is 5. The Labute approximate surface area is 114 Å². The summed E-state index contributed by atoms with van der Waals surface area (Å²) < 4.78 is 0. The van der Waals surface area contributed by atoms with Gasteiger partial charge in [0.15, 0.2) is 0 Å². The number of ketones is 1. The van der Waals surface area contributed by atoms with Crippen molar-refractivity contribution in [1.29, 1.82) is 0 Å². The molecule has 1 aliphatic rings. The summed E-state index contributed by atoms with van der Waals surface area (Å²) in [5, 5.41) is 3.38. The molecule has 1 heterocycles. The zero-order chi connectivity index (χ0) is 14.7. The maximum absolute atomic E-state index is 12.3. The minimum Gasteiger partial charge on any atom is -0.300 e. The molecular weight excluding hydrogens is 260 g/mol. The molecule has 0 unspecified atom stereocenters. The van der Waals surface area contributed by atoms with Gasteiger partial charge in [0.1, 0.15) is 5.78 Å². The number of nitrogens with zero attached hydrogens (tertiary/aromatic N) is 4. The number of azide groups is 1. The molecule has 0 aromatic heterocycles. The van der Waals surface area contributed by atoms with Crippen LogP contribution in [0.5, 0.6) is 0 Å². The molecular formula is C13H12N4O3. The van der Waals surface area contributed by atoms with Crippen molar-refractivity contribution in [2.75, 3.05) is 6.54 Å². The van der Waals surface area contributed by atoms with Crippen molar-refractivity contribution < 1.29 is 14.4 Å². The number of hydrogen-bond donors (Lipinski definition) is 0. The molecule has 2 rings (SSSR count). The van der Waals surface area contributed by atoms with Gasteiger partial charge in [-0.25, -0.2) is 0 Å². The van der Waals surface area contributed by atoms with E-state index in [0.717, 1.165) is 4.90 Å². The number of benzene rings is 1. The smallest absolute Gasteiger partial charge is 0.261 e. The minimum absolute atomic E-state index is 0.0233. The van der Waals surface area contributed by atoms with Gasteiger partial charge in [-0.15, -0.1) is 0 Å². The molecule has 0 fully saturated rings. The maximum Gasteiger partial charge on any atom is 0.261 e. The molecule has 1 atom stereocenters. The fourth-order valence-electron chi connectivity index (χ4n) is 2.24. The molecule has 1 aromatic rings. The zero-order valence-corrected chi connectivity index (χ0v) is 10.8. The van der Waals surface area contributed by atoms with E-state index in [9.17, 15) is 14.4 Å². The molecule has 0 bridgehead atoms. The van der Waals surface area contributed by atoms with Crippen molar-refractivity contribution in [2.24, 2.45) is 5.11 Å². The lowest BCUT2D eigenvalue weighted by molar-refractivity contribution is -0.117. The Hall–Kier alpha value is -2.66. The molecule has 0 saturated heterocycles. The zero-order valence-electron chi connectivity index (χ0n) is 10.8. The number of hydrogen-bond acceptors (Lipinski definition) is 4. The van der Waals surface area contributed by atoms with Gasteiger partial charge >= 0.3 is 0 Å². The lowest BCUT2D eigenvalue weighted by Crippen LogP contribution is -2.42. The van der Waals surface area contributed by atoms with Crippen LogP contribution in [0.1, 0.15) is 34.1 Å². The summed E-state index contributed by atoms with van der Waals surface area (Å²) >= 11 is 0. The lowest BCUT2D eigenvalue weighted by Gasteiger charge is -2.23. The Morgan fingerprint density at radius 3 is 2.30 bits per heavy atom. The normalized spacial score (nSPS) is 14.8. The first-order valence-electron chi connectivity index (χ1n) is 6.03. The molecule has 1 aromatic carbocycles. The van der Waals surface area contributed by atoms with E-state index in [0.29, 0.717) is 11.1 Å². The van der Waals surface area contributed by atoms with E-state index in [2.05, 4.69) is 10.0 Å². The van der Waals surface area contributed by atoms with E-state index in [1.165, 1.54) is 6.92 Å². The van der Waals surface area contributed by atoms with Crippen LogP contribution >= 0.6 is 0 Å². The van der Waals surface area contributed by atoms with Crippen molar-refractivity contribution in [2.45, 2.75) is 19.4 Å². The molecule has 7 heteroatoms. The van der Waals surface area contributed by atoms with Crippen LogP contribution in [0.3, 0.4) is 0 Å². The van der Waals surface area contributed by atoms with Gasteiger partial charge in [0.05, 0.1) is 17.2 Å². The molecule has 0 N–H and O–H groups in total. The predicted molar refractivity (Wildman–Crippen MR) is 70.0 cm³/mol. The summed E-state index contributed by atoms with van der Waals surface area (Å²) in [7, 11) is 0. The van der Waals surface area contributed by atoms with Crippen LogP contribution < -0.4 is 0 Å². The van der Waals surface area contributed by atoms with Gasteiger partial charge in [-0.05, 0) is 24.6 Å². The topological polar surface area (TPSA) is 103 Å². The molecule has 102 valence electrons. The summed E-state index contributed by atoms with van der Waals surface area (Å²) in [6.45, 7) is 1.25. The third-order valence-electron chi connectivity index (χ3n) is 3.07. The van der Waals surface area contributed by atoms with Gasteiger partial charge in [0, 0.05) is 17.9 Å². The van der Waals surface area contributed by atoms with E-state index in [-0.39, 0.29) is 18.7 Å². The lowest BCUT2D eigenvalue weighted by atomic mass is 10.1. The fraction of sp³-hybridized carbons (Fsp3) is 0.308. The quantitative estimate of drug-likeness (QED) is 0.354. The first kappa shape index (κ1) is 13.8. The van der Waals surface area contributed by atoms with E-state index >= 15 is 0 Å². The second-order valence-electron chi connectivity index (χ2n) is 4.50. The minimum atomic E-state index is -0.740. The molecule has 20 heavy (non-hydrogen) atoms. The summed E-state index contributed by atoms with van der Waals surface area (Å²) in [5.74, 6) is -1.09. The molecule has 7 nitrogen and oxygen atoms in total.